The summed E-state index contributed by atoms with van der Waals surface area (Å²) in [7, 11) is 0. The molecule has 4 nitrogen and oxygen atoms in total. The molecule has 1 atom stereocenters. The molecule has 0 saturated carbocycles. The van der Waals surface area contributed by atoms with Gasteiger partial charge in [-0.25, -0.2) is 0 Å². The molecule has 1 aliphatic heterocycles. The summed E-state index contributed by atoms with van der Waals surface area (Å²) in [5.74, 6) is 0.312. The van der Waals surface area contributed by atoms with Crippen LogP contribution in [0.3, 0.4) is 0 Å². The molecule has 1 amide bonds. The first kappa shape index (κ1) is 18.3. The number of thiophene rings is 1. The molecule has 1 saturated heterocycles. The fourth-order valence-corrected chi connectivity index (χ4v) is 5.08. The Morgan fingerprint density at radius 3 is 2.74 bits per heavy atom. The second-order valence-corrected chi connectivity index (χ2v) is 8.47. The largest absolute Gasteiger partial charge is 0.451 e. The third-order valence-electron chi connectivity index (χ3n) is 5.49. The molecule has 0 radical (unpaired) electrons. The van der Waals surface area contributed by atoms with E-state index in [-0.39, 0.29) is 11.9 Å². The van der Waals surface area contributed by atoms with Crippen LogP contribution >= 0.6 is 11.3 Å². The van der Waals surface area contributed by atoms with Gasteiger partial charge in [0.05, 0.1) is 6.04 Å². The minimum Gasteiger partial charge on any atom is -0.451 e. The lowest BCUT2D eigenvalue weighted by atomic mass is 10.0. The van der Waals surface area contributed by atoms with Gasteiger partial charge in [-0.2, -0.15) is 0 Å². The molecule has 0 bridgehead atoms. The van der Waals surface area contributed by atoms with Gasteiger partial charge in [0.2, 0.25) is 0 Å². The summed E-state index contributed by atoms with van der Waals surface area (Å²) in [4.78, 5) is 16.7. The first-order valence-corrected chi connectivity index (χ1v) is 10.5. The van der Waals surface area contributed by atoms with Crippen LogP contribution in [-0.2, 0) is 0 Å². The quantitative estimate of drug-likeness (QED) is 0.676. The normalized spacial score (nSPS) is 16.1. The number of hydrogen-bond donors (Lipinski definition) is 1. The molecular formula is C22H26N2O2S. The molecular weight excluding hydrogens is 356 g/mol. The maximum Gasteiger partial charge on any atom is 0.287 e. The fourth-order valence-electron chi connectivity index (χ4n) is 4.22. The zero-order chi connectivity index (χ0) is 19.0. The van der Waals surface area contributed by atoms with Gasteiger partial charge < -0.3 is 9.73 Å². The van der Waals surface area contributed by atoms with Crippen molar-refractivity contribution in [2.24, 2.45) is 0 Å². The molecule has 1 aliphatic rings. The second-order valence-electron chi connectivity index (χ2n) is 7.50. The van der Waals surface area contributed by atoms with Crippen molar-refractivity contribution in [1.82, 2.24) is 10.2 Å². The summed E-state index contributed by atoms with van der Waals surface area (Å²) in [6, 6.07) is 8.63. The van der Waals surface area contributed by atoms with Crippen LogP contribution in [0.5, 0.6) is 0 Å². The first-order valence-electron chi connectivity index (χ1n) is 9.60. The van der Waals surface area contributed by atoms with Gasteiger partial charge in [-0.3, -0.25) is 9.69 Å². The average molecular weight is 383 g/mol. The van der Waals surface area contributed by atoms with Crippen molar-refractivity contribution in [3.05, 3.63) is 57.0 Å². The molecule has 142 valence electrons. The van der Waals surface area contributed by atoms with Gasteiger partial charge in [0, 0.05) is 22.4 Å². The van der Waals surface area contributed by atoms with Crippen molar-refractivity contribution in [3.8, 4) is 0 Å². The van der Waals surface area contributed by atoms with E-state index >= 15 is 0 Å². The van der Waals surface area contributed by atoms with Gasteiger partial charge in [0.15, 0.2) is 5.76 Å². The third-order valence-corrected chi connectivity index (χ3v) is 6.46. The van der Waals surface area contributed by atoms with Gasteiger partial charge in [0.25, 0.3) is 5.91 Å². The molecule has 5 heteroatoms. The highest BCUT2D eigenvalue weighted by molar-refractivity contribution is 7.10. The summed E-state index contributed by atoms with van der Waals surface area (Å²) < 4.78 is 5.95. The van der Waals surface area contributed by atoms with E-state index < -0.39 is 0 Å². The SMILES string of the molecule is Cc1cc(C)c2c(C)c(C(=O)NCC(c3cccs3)N3CCCC3)oc2c1. The maximum atomic E-state index is 12.9. The Labute approximate surface area is 164 Å². The molecule has 3 heterocycles. The number of nitrogens with one attached hydrogen (secondary N) is 1. The highest BCUT2D eigenvalue weighted by atomic mass is 32.1. The summed E-state index contributed by atoms with van der Waals surface area (Å²) in [6.07, 6.45) is 2.47. The van der Waals surface area contributed by atoms with Gasteiger partial charge >= 0.3 is 0 Å². The van der Waals surface area contributed by atoms with E-state index in [9.17, 15) is 4.79 Å². The van der Waals surface area contributed by atoms with E-state index in [1.165, 1.54) is 17.7 Å². The number of benzene rings is 1. The highest BCUT2D eigenvalue weighted by Crippen LogP contribution is 2.30. The Balaban J connectivity index is 1.55. The number of hydrogen-bond acceptors (Lipinski definition) is 4. The van der Waals surface area contributed by atoms with Gasteiger partial charge in [-0.15, -0.1) is 11.3 Å². The Hall–Kier alpha value is -2.11. The number of carbonyl (C=O) groups excluding carboxylic acids is 1. The maximum absolute atomic E-state index is 12.9. The predicted octanol–water partition coefficient (Wildman–Crippen LogP) is 4.99. The van der Waals surface area contributed by atoms with Crippen molar-refractivity contribution < 1.29 is 9.21 Å². The third kappa shape index (κ3) is 3.54. The number of nitrogens with zero attached hydrogens (tertiary/aromatic N) is 1. The van der Waals surface area contributed by atoms with Crippen molar-refractivity contribution in [1.29, 1.82) is 0 Å². The lowest BCUT2D eigenvalue weighted by Gasteiger charge is -2.26. The summed E-state index contributed by atoms with van der Waals surface area (Å²) in [5.41, 5.74) is 4.02. The minimum atomic E-state index is -0.124. The summed E-state index contributed by atoms with van der Waals surface area (Å²) in [6.45, 7) is 8.89. The fraction of sp³-hybridized carbons (Fsp3) is 0.409. The first-order chi connectivity index (χ1) is 13.0. The lowest BCUT2D eigenvalue weighted by molar-refractivity contribution is 0.0912. The number of carbonyl (C=O) groups is 1. The van der Waals surface area contributed by atoms with Gasteiger partial charge in [-0.1, -0.05) is 12.1 Å². The van der Waals surface area contributed by atoms with E-state index in [2.05, 4.69) is 40.7 Å². The lowest BCUT2D eigenvalue weighted by Crippen LogP contribution is -2.36. The van der Waals surface area contributed by atoms with E-state index in [0.29, 0.717) is 12.3 Å². The molecule has 27 heavy (non-hydrogen) atoms. The molecule has 1 N–H and O–H groups in total. The smallest absolute Gasteiger partial charge is 0.287 e. The molecule has 0 spiro atoms. The van der Waals surface area contributed by atoms with Crippen LogP contribution in [0.1, 0.15) is 51.0 Å². The van der Waals surface area contributed by atoms with Crippen molar-refractivity contribution in [2.45, 2.75) is 39.7 Å². The van der Waals surface area contributed by atoms with Crippen LogP contribution < -0.4 is 5.32 Å². The number of likely N-dealkylation sites (tertiary alicyclic amines) is 1. The molecule has 1 unspecified atom stereocenters. The van der Waals surface area contributed by atoms with E-state index in [0.717, 1.165) is 40.7 Å². The average Bonchev–Trinajstić information content (AvgIpc) is 3.36. The zero-order valence-corrected chi connectivity index (χ0v) is 17.0. The predicted molar refractivity (Wildman–Crippen MR) is 111 cm³/mol. The molecule has 0 aliphatic carbocycles. The Bertz CT molecular complexity index is 953. The van der Waals surface area contributed by atoms with Crippen LogP contribution in [0, 0.1) is 20.8 Å². The van der Waals surface area contributed by atoms with Crippen LogP contribution in [0.2, 0.25) is 0 Å². The Morgan fingerprint density at radius 1 is 1.26 bits per heavy atom. The van der Waals surface area contributed by atoms with Gasteiger partial charge in [-0.05, 0) is 75.3 Å². The summed E-state index contributed by atoms with van der Waals surface area (Å²) in [5, 5.41) is 6.29. The van der Waals surface area contributed by atoms with Crippen molar-refractivity contribution >= 4 is 28.2 Å². The molecule has 3 aromatic rings. The number of amides is 1. The topological polar surface area (TPSA) is 45.5 Å². The molecule has 1 aromatic carbocycles. The number of rotatable bonds is 5. The van der Waals surface area contributed by atoms with Crippen LogP contribution in [-0.4, -0.2) is 30.4 Å². The van der Waals surface area contributed by atoms with Crippen LogP contribution in [0.25, 0.3) is 11.0 Å². The molecule has 2 aromatic heterocycles. The van der Waals surface area contributed by atoms with Crippen LogP contribution in [0.15, 0.2) is 34.1 Å². The zero-order valence-electron chi connectivity index (χ0n) is 16.2. The van der Waals surface area contributed by atoms with E-state index in [1.807, 2.05) is 19.9 Å². The molecule has 1 fully saturated rings. The Morgan fingerprint density at radius 2 is 2.04 bits per heavy atom. The number of furan rings is 1. The van der Waals surface area contributed by atoms with Gasteiger partial charge in [0.1, 0.15) is 5.58 Å². The monoisotopic (exact) mass is 382 g/mol. The van der Waals surface area contributed by atoms with Crippen LogP contribution in [0.4, 0.5) is 0 Å². The van der Waals surface area contributed by atoms with Crippen molar-refractivity contribution in [3.63, 3.8) is 0 Å². The summed E-state index contributed by atoms with van der Waals surface area (Å²) >= 11 is 1.76. The highest BCUT2D eigenvalue weighted by Gasteiger charge is 2.26. The van der Waals surface area contributed by atoms with E-state index in [1.54, 1.807) is 11.3 Å². The standard InChI is InChI=1S/C22H26N2O2S/c1-14-11-15(2)20-16(3)21(26-18(20)12-14)22(25)23-13-17(19-7-6-10-27-19)24-8-4-5-9-24/h6-7,10-12,17H,4-5,8-9,13H2,1-3H3,(H,23,25). The minimum absolute atomic E-state index is 0.124. The molecule has 4 rings (SSSR count). The second kappa shape index (κ2) is 7.49. The van der Waals surface area contributed by atoms with E-state index in [4.69, 9.17) is 4.42 Å². The van der Waals surface area contributed by atoms with Crippen molar-refractivity contribution in [2.75, 3.05) is 19.6 Å². The number of fused-ring (bicyclic) bond motifs is 1. The number of aryl methyl sites for hydroxylation is 3. The Kier molecular flexibility index (Phi) is 5.06.